The molecule has 0 bridgehead atoms. The van der Waals surface area contributed by atoms with Crippen LogP contribution in [-0.4, -0.2) is 19.5 Å². The maximum Gasteiger partial charge on any atom is 0.129 e. The van der Waals surface area contributed by atoms with Gasteiger partial charge in [0.05, 0.1) is 33.8 Å². The van der Waals surface area contributed by atoms with Crippen molar-refractivity contribution in [1.29, 1.82) is 0 Å². The minimum atomic E-state index is -2.09. The van der Waals surface area contributed by atoms with Gasteiger partial charge in [-0.05, 0) is 59.4 Å². The molecule has 1 radical (unpaired) electrons. The first-order chi connectivity index (χ1) is 28.8. The Bertz CT molecular complexity index is 3310. The van der Waals surface area contributed by atoms with Crippen molar-refractivity contribution in [3.8, 4) is 39.6 Å². The quantitative estimate of drug-likeness (QED) is 0.130. The summed E-state index contributed by atoms with van der Waals surface area (Å²) in [6, 6.07) is 61.4. The summed E-state index contributed by atoms with van der Waals surface area (Å²) in [5.41, 5.74) is 10.1. The Labute approximate surface area is 347 Å². The summed E-state index contributed by atoms with van der Waals surface area (Å²) >= 11 is 0. The smallest absolute Gasteiger partial charge is 0.129 e. The molecule has 0 saturated heterocycles. The van der Waals surface area contributed by atoms with Crippen molar-refractivity contribution < 1.29 is 28.6 Å². The normalized spacial score (nSPS) is 12.2. The van der Waals surface area contributed by atoms with Gasteiger partial charge in [-0.25, -0.2) is 0 Å². The number of hydrogen-bond acceptors (Lipinski definition) is 4. The summed E-state index contributed by atoms with van der Waals surface area (Å²) in [6.45, 7) is -0.0600. The Morgan fingerprint density at radius 1 is 0.632 bits per heavy atom. The summed E-state index contributed by atoms with van der Waals surface area (Å²) in [6.07, 6.45) is 1.39. The fraction of sp³-hybridized carbons (Fsp3) is 0.0392. The SMILES string of the molecule is Cc1nc(-c2ccccc2)cc2c1nc(-c1[c-]ccc3c1oc1c3ccc3ccc4ccccc4c31)n2-c1ccccc1.[2H]C([2H])([2H])c1ccc(-c2[c-]cccc2)nc1.[Ir]. The van der Waals surface area contributed by atoms with Gasteiger partial charge in [0.15, 0.2) is 0 Å². The topological polar surface area (TPSA) is 56.7 Å². The fourth-order valence-electron chi connectivity index (χ4n) is 7.55. The van der Waals surface area contributed by atoms with Crippen molar-refractivity contribution in [2.45, 2.75) is 13.8 Å². The second-order valence-corrected chi connectivity index (χ2v) is 13.7. The van der Waals surface area contributed by atoms with Crippen LogP contribution >= 0.6 is 0 Å². The van der Waals surface area contributed by atoms with Crippen LogP contribution < -0.4 is 0 Å². The fourth-order valence-corrected chi connectivity index (χ4v) is 7.55. The molecule has 0 aliphatic rings. The van der Waals surface area contributed by atoms with E-state index in [1.807, 2.05) is 55.5 Å². The number of furan rings is 1. The molecule has 5 nitrogen and oxygen atoms in total. The standard InChI is InChI=1S/C39H24N3O.C12H10N.Ir/c1-24-36-34(23-33(40-24)26-12-4-2-5-13-26)42(28-14-6-3-7-15-28)39(41-36)32-18-10-17-30-31-22-21-27-20-19-25-11-8-9-16-29(25)35(27)38(31)43-37(30)32;1-10-7-8-12(13-9-10)11-5-3-2-4-6-11;/h2-17,19-23H,1H3;2-5,7-9H,1H3;/q2*-1;/i;1D3;. The summed E-state index contributed by atoms with van der Waals surface area (Å²) in [5, 5.41) is 6.79. The average Bonchev–Trinajstić information content (AvgIpc) is 3.87. The molecule has 11 aromatic rings. The predicted molar refractivity (Wildman–Crippen MR) is 229 cm³/mol. The predicted octanol–water partition coefficient (Wildman–Crippen LogP) is 12.9. The van der Waals surface area contributed by atoms with E-state index >= 15 is 0 Å². The second kappa shape index (κ2) is 15.1. The molecule has 7 aromatic carbocycles. The third kappa shape index (κ3) is 6.49. The van der Waals surface area contributed by atoms with Gasteiger partial charge in [0.1, 0.15) is 5.58 Å². The van der Waals surface area contributed by atoms with Crippen molar-refractivity contribution in [3.63, 3.8) is 0 Å². The van der Waals surface area contributed by atoms with E-state index in [4.69, 9.17) is 18.5 Å². The molecule has 0 fully saturated rings. The number of imidazole rings is 1. The number of fused-ring (bicyclic) bond motifs is 8. The Morgan fingerprint density at radius 2 is 1.39 bits per heavy atom. The van der Waals surface area contributed by atoms with Gasteiger partial charge in [-0.15, -0.1) is 54.1 Å². The molecule has 0 amide bonds. The number of aryl methyl sites for hydroxylation is 2. The van der Waals surface area contributed by atoms with Crippen LogP contribution in [0.3, 0.4) is 0 Å². The van der Waals surface area contributed by atoms with Gasteiger partial charge in [0, 0.05) is 52.4 Å². The zero-order valence-corrected chi connectivity index (χ0v) is 33.1. The van der Waals surface area contributed by atoms with E-state index in [1.54, 1.807) is 18.2 Å². The molecule has 0 aliphatic carbocycles. The Kier molecular flexibility index (Phi) is 8.60. The minimum Gasteiger partial charge on any atom is -0.500 e. The summed E-state index contributed by atoms with van der Waals surface area (Å²) in [5.74, 6) is 0.773. The molecule has 0 spiro atoms. The molecule has 6 heteroatoms. The number of benzene rings is 7. The first-order valence-corrected chi connectivity index (χ1v) is 18.4. The van der Waals surface area contributed by atoms with E-state index in [9.17, 15) is 0 Å². The number of rotatable bonds is 4. The van der Waals surface area contributed by atoms with E-state index in [0.29, 0.717) is 0 Å². The largest absolute Gasteiger partial charge is 0.500 e. The van der Waals surface area contributed by atoms with Crippen LogP contribution in [0.1, 0.15) is 15.4 Å². The number of aromatic nitrogens is 4. The maximum atomic E-state index is 7.23. The number of nitrogens with zero attached hydrogens (tertiary/aromatic N) is 4. The molecular weight excluding hydrogens is 877 g/mol. The van der Waals surface area contributed by atoms with E-state index in [-0.39, 0.29) is 25.7 Å². The summed E-state index contributed by atoms with van der Waals surface area (Å²) in [7, 11) is 0. The molecule has 11 rings (SSSR count). The van der Waals surface area contributed by atoms with Gasteiger partial charge in [-0.1, -0.05) is 120 Å². The van der Waals surface area contributed by atoms with Gasteiger partial charge in [0.25, 0.3) is 0 Å². The Morgan fingerprint density at radius 3 is 2.18 bits per heavy atom. The molecule has 4 aromatic heterocycles. The number of para-hydroxylation sites is 1. The van der Waals surface area contributed by atoms with Crippen LogP contribution in [0, 0.1) is 25.9 Å². The first-order valence-electron chi connectivity index (χ1n) is 19.9. The molecule has 275 valence electrons. The summed E-state index contributed by atoms with van der Waals surface area (Å²) in [4.78, 5) is 14.3. The van der Waals surface area contributed by atoms with Crippen LogP contribution in [-0.2, 0) is 20.1 Å². The first kappa shape index (κ1) is 32.5. The molecular formula is C51H34IrN4O-2. The third-order valence-corrected chi connectivity index (χ3v) is 10.2. The van der Waals surface area contributed by atoms with Crippen molar-refractivity contribution in [2.24, 2.45) is 0 Å². The minimum absolute atomic E-state index is 0. The van der Waals surface area contributed by atoms with Crippen molar-refractivity contribution in [3.05, 3.63) is 193 Å². The number of pyridine rings is 2. The molecule has 0 atom stereocenters. The van der Waals surface area contributed by atoms with Crippen LogP contribution in [0.15, 0.2) is 174 Å². The molecule has 0 N–H and O–H groups in total. The van der Waals surface area contributed by atoms with Gasteiger partial charge in [-0.2, -0.15) is 0 Å². The van der Waals surface area contributed by atoms with Crippen LogP contribution in [0.25, 0.3) is 94.1 Å². The van der Waals surface area contributed by atoms with Crippen molar-refractivity contribution in [1.82, 2.24) is 19.5 Å². The Balaban J connectivity index is 0.000000230. The monoisotopic (exact) mass is 914 g/mol. The van der Waals surface area contributed by atoms with E-state index in [1.165, 1.54) is 17.0 Å². The van der Waals surface area contributed by atoms with Crippen molar-refractivity contribution in [2.75, 3.05) is 0 Å². The zero-order chi connectivity index (χ0) is 40.1. The molecule has 57 heavy (non-hydrogen) atoms. The van der Waals surface area contributed by atoms with E-state index in [0.717, 1.165) is 89.0 Å². The van der Waals surface area contributed by atoms with E-state index < -0.39 is 6.85 Å². The zero-order valence-electron chi connectivity index (χ0n) is 33.7. The summed E-state index contributed by atoms with van der Waals surface area (Å²) < 4.78 is 30.8. The van der Waals surface area contributed by atoms with Gasteiger partial charge >= 0.3 is 0 Å². The molecule has 0 unspecified atom stereocenters. The molecule has 0 saturated carbocycles. The van der Waals surface area contributed by atoms with Crippen LogP contribution in [0.5, 0.6) is 0 Å². The van der Waals surface area contributed by atoms with Gasteiger partial charge in [0.2, 0.25) is 0 Å². The van der Waals surface area contributed by atoms with Crippen LogP contribution in [0.4, 0.5) is 0 Å². The van der Waals surface area contributed by atoms with Gasteiger partial charge < -0.3 is 14.0 Å². The van der Waals surface area contributed by atoms with Crippen LogP contribution in [0.2, 0.25) is 0 Å². The number of hydrogen-bond donors (Lipinski definition) is 0. The maximum absolute atomic E-state index is 7.23. The molecule has 4 heterocycles. The molecule has 0 aliphatic heterocycles. The van der Waals surface area contributed by atoms with Crippen molar-refractivity contribution >= 4 is 54.5 Å². The average molecular weight is 914 g/mol. The van der Waals surface area contributed by atoms with E-state index in [2.05, 4.69) is 119 Å². The second-order valence-electron chi connectivity index (χ2n) is 13.7. The Hall–Kier alpha value is -6.72. The van der Waals surface area contributed by atoms with Gasteiger partial charge in [-0.3, -0.25) is 9.97 Å². The third-order valence-electron chi connectivity index (χ3n) is 10.2.